The van der Waals surface area contributed by atoms with Gasteiger partial charge in [-0.25, -0.2) is 13.1 Å². The van der Waals surface area contributed by atoms with Gasteiger partial charge in [-0.15, -0.1) is 0 Å². The Morgan fingerprint density at radius 3 is 2.59 bits per heavy atom. The van der Waals surface area contributed by atoms with Gasteiger partial charge in [0, 0.05) is 11.6 Å². The summed E-state index contributed by atoms with van der Waals surface area (Å²) in [4.78, 5) is 11.3. The highest BCUT2D eigenvalue weighted by Gasteiger charge is 2.17. The molecule has 0 aliphatic heterocycles. The average molecular weight is 255 g/mol. The zero-order chi connectivity index (χ0) is 13.1. The summed E-state index contributed by atoms with van der Waals surface area (Å²) in [7, 11) is -3.53. The summed E-state index contributed by atoms with van der Waals surface area (Å²) in [6.07, 6.45) is 0.714. The van der Waals surface area contributed by atoms with Crippen LogP contribution in [0.5, 0.6) is 0 Å². The molecule has 0 heterocycles. The standard InChI is InChI=1S/C12H17NO3S/c1-4-9(2)13-17(15,16)12-7-5-6-11(8-12)10(3)14/h5-9,13H,4H2,1-3H3/t9-/m0/s1. The average Bonchev–Trinajstić information content (AvgIpc) is 2.28. The second-order valence-electron chi connectivity index (χ2n) is 4.01. The minimum absolute atomic E-state index is 0.124. The van der Waals surface area contributed by atoms with Crippen molar-refractivity contribution >= 4 is 15.8 Å². The van der Waals surface area contributed by atoms with Gasteiger partial charge in [-0.05, 0) is 32.4 Å². The number of hydrogen-bond donors (Lipinski definition) is 1. The zero-order valence-corrected chi connectivity index (χ0v) is 11.0. The lowest BCUT2D eigenvalue weighted by molar-refractivity contribution is 0.101. The lowest BCUT2D eigenvalue weighted by atomic mass is 10.2. The Labute approximate surface area is 102 Å². The summed E-state index contributed by atoms with van der Waals surface area (Å²) >= 11 is 0. The Balaban J connectivity index is 3.07. The van der Waals surface area contributed by atoms with E-state index in [0.29, 0.717) is 12.0 Å². The van der Waals surface area contributed by atoms with Crippen LogP contribution in [0, 0.1) is 0 Å². The van der Waals surface area contributed by atoms with Crippen LogP contribution in [-0.4, -0.2) is 20.2 Å². The Bertz CT molecular complexity index is 508. The molecule has 1 aromatic carbocycles. The molecule has 1 atom stereocenters. The number of rotatable bonds is 5. The van der Waals surface area contributed by atoms with E-state index in [-0.39, 0.29) is 16.7 Å². The quantitative estimate of drug-likeness (QED) is 0.818. The van der Waals surface area contributed by atoms with Crippen molar-refractivity contribution in [3.63, 3.8) is 0 Å². The van der Waals surface area contributed by atoms with Crippen molar-refractivity contribution in [2.45, 2.75) is 38.1 Å². The number of sulfonamides is 1. The third-order valence-corrected chi connectivity index (χ3v) is 4.11. The number of Topliss-reactive ketones (excluding diaryl/α,β-unsaturated/α-hetero) is 1. The van der Waals surface area contributed by atoms with Crippen LogP contribution < -0.4 is 4.72 Å². The van der Waals surface area contributed by atoms with Crippen molar-refractivity contribution in [3.8, 4) is 0 Å². The summed E-state index contributed by atoms with van der Waals surface area (Å²) in [6.45, 7) is 5.11. The first-order valence-corrected chi connectivity index (χ1v) is 6.98. The molecule has 0 radical (unpaired) electrons. The molecule has 94 valence electrons. The Morgan fingerprint density at radius 1 is 1.41 bits per heavy atom. The van der Waals surface area contributed by atoms with Crippen LogP contribution in [0.3, 0.4) is 0 Å². The molecule has 1 N–H and O–H groups in total. The van der Waals surface area contributed by atoms with Crippen LogP contribution in [0.4, 0.5) is 0 Å². The molecule has 0 saturated heterocycles. The lowest BCUT2D eigenvalue weighted by Gasteiger charge is -2.12. The van der Waals surface area contributed by atoms with Crippen molar-refractivity contribution < 1.29 is 13.2 Å². The van der Waals surface area contributed by atoms with Crippen LogP contribution >= 0.6 is 0 Å². The molecule has 0 unspecified atom stereocenters. The normalized spacial score (nSPS) is 13.4. The summed E-state index contributed by atoms with van der Waals surface area (Å²) in [5.41, 5.74) is 0.400. The van der Waals surface area contributed by atoms with E-state index in [4.69, 9.17) is 0 Å². The molecule has 0 bridgehead atoms. The third-order valence-electron chi connectivity index (χ3n) is 2.52. The molecular weight excluding hydrogens is 238 g/mol. The molecule has 0 fully saturated rings. The van der Waals surface area contributed by atoms with Gasteiger partial charge in [-0.1, -0.05) is 19.1 Å². The second kappa shape index (κ2) is 5.42. The van der Waals surface area contributed by atoms with E-state index in [9.17, 15) is 13.2 Å². The molecule has 0 aromatic heterocycles. The fourth-order valence-electron chi connectivity index (χ4n) is 1.30. The van der Waals surface area contributed by atoms with Crippen molar-refractivity contribution in [1.29, 1.82) is 0 Å². The fourth-order valence-corrected chi connectivity index (χ4v) is 2.67. The van der Waals surface area contributed by atoms with E-state index in [0.717, 1.165) is 0 Å². The molecule has 0 aliphatic carbocycles. The highest BCUT2D eigenvalue weighted by atomic mass is 32.2. The number of hydrogen-bond acceptors (Lipinski definition) is 3. The Kier molecular flexibility index (Phi) is 4.42. The van der Waals surface area contributed by atoms with Gasteiger partial charge >= 0.3 is 0 Å². The molecule has 0 saturated carbocycles. The molecule has 0 aliphatic rings. The number of nitrogens with one attached hydrogen (secondary N) is 1. The second-order valence-corrected chi connectivity index (χ2v) is 5.73. The van der Waals surface area contributed by atoms with Gasteiger partial charge in [0.1, 0.15) is 0 Å². The highest BCUT2D eigenvalue weighted by molar-refractivity contribution is 7.89. The maximum absolute atomic E-state index is 12.0. The molecule has 5 heteroatoms. The predicted molar refractivity (Wildman–Crippen MR) is 66.5 cm³/mol. The Hall–Kier alpha value is -1.20. The van der Waals surface area contributed by atoms with E-state index in [1.54, 1.807) is 19.1 Å². The van der Waals surface area contributed by atoms with Gasteiger partial charge in [-0.3, -0.25) is 4.79 Å². The van der Waals surface area contributed by atoms with E-state index >= 15 is 0 Å². The highest BCUT2D eigenvalue weighted by Crippen LogP contribution is 2.12. The van der Waals surface area contributed by atoms with Gasteiger partial charge in [-0.2, -0.15) is 0 Å². The van der Waals surface area contributed by atoms with Crippen LogP contribution in [-0.2, 0) is 10.0 Å². The Morgan fingerprint density at radius 2 is 2.06 bits per heavy atom. The molecular formula is C12H17NO3S. The fraction of sp³-hybridized carbons (Fsp3) is 0.417. The number of ketones is 1. The smallest absolute Gasteiger partial charge is 0.240 e. The number of carbonyl (C=O) groups excluding carboxylic acids is 1. The lowest BCUT2D eigenvalue weighted by Crippen LogP contribution is -2.32. The van der Waals surface area contributed by atoms with E-state index in [1.165, 1.54) is 19.1 Å². The van der Waals surface area contributed by atoms with Gasteiger partial charge in [0.15, 0.2) is 5.78 Å². The number of carbonyl (C=O) groups is 1. The molecule has 4 nitrogen and oxygen atoms in total. The van der Waals surface area contributed by atoms with E-state index in [2.05, 4.69) is 4.72 Å². The molecule has 0 spiro atoms. The monoisotopic (exact) mass is 255 g/mol. The van der Waals surface area contributed by atoms with Crippen LogP contribution in [0.15, 0.2) is 29.2 Å². The van der Waals surface area contributed by atoms with Crippen molar-refractivity contribution in [3.05, 3.63) is 29.8 Å². The number of benzene rings is 1. The topological polar surface area (TPSA) is 63.2 Å². The van der Waals surface area contributed by atoms with Crippen LogP contribution in [0.25, 0.3) is 0 Å². The minimum Gasteiger partial charge on any atom is -0.295 e. The van der Waals surface area contributed by atoms with E-state index in [1.807, 2.05) is 6.92 Å². The molecule has 1 rings (SSSR count). The van der Waals surface area contributed by atoms with Crippen molar-refractivity contribution in [2.24, 2.45) is 0 Å². The van der Waals surface area contributed by atoms with Crippen LogP contribution in [0.2, 0.25) is 0 Å². The van der Waals surface area contributed by atoms with Gasteiger partial charge in [0.05, 0.1) is 4.90 Å². The summed E-state index contributed by atoms with van der Waals surface area (Å²) in [5.74, 6) is -0.148. The maximum atomic E-state index is 12.0. The predicted octanol–water partition coefficient (Wildman–Crippen LogP) is 1.97. The van der Waals surface area contributed by atoms with Gasteiger partial charge in [0.2, 0.25) is 10.0 Å². The maximum Gasteiger partial charge on any atom is 0.240 e. The van der Waals surface area contributed by atoms with Gasteiger partial charge in [0.25, 0.3) is 0 Å². The minimum atomic E-state index is -3.53. The first-order valence-electron chi connectivity index (χ1n) is 5.50. The largest absolute Gasteiger partial charge is 0.295 e. The SMILES string of the molecule is CC[C@H](C)NS(=O)(=O)c1cccc(C(C)=O)c1. The summed E-state index contributed by atoms with van der Waals surface area (Å²) in [5, 5.41) is 0. The van der Waals surface area contributed by atoms with Crippen molar-refractivity contribution in [1.82, 2.24) is 4.72 Å². The molecule has 17 heavy (non-hydrogen) atoms. The van der Waals surface area contributed by atoms with Crippen molar-refractivity contribution in [2.75, 3.05) is 0 Å². The van der Waals surface area contributed by atoms with E-state index < -0.39 is 10.0 Å². The third kappa shape index (κ3) is 3.64. The summed E-state index contributed by atoms with van der Waals surface area (Å²) < 4.78 is 26.5. The first-order chi connectivity index (χ1) is 7.86. The molecule has 1 aromatic rings. The first kappa shape index (κ1) is 13.9. The van der Waals surface area contributed by atoms with Crippen LogP contribution in [0.1, 0.15) is 37.6 Å². The van der Waals surface area contributed by atoms with Gasteiger partial charge < -0.3 is 0 Å². The summed E-state index contributed by atoms with van der Waals surface area (Å²) in [6, 6.07) is 5.93. The molecule has 0 amide bonds. The zero-order valence-electron chi connectivity index (χ0n) is 10.2.